The van der Waals surface area contributed by atoms with Crippen molar-refractivity contribution in [2.75, 3.05) is 0 Å². The van der Waals surface area contributed by atoms with Crippen LogP contribution in [0.4, 0.5) is 0 Å². The molecule has 1 aromatic carbocycles. The van der Waals surface area contributed by atoms with Crippen LogP contribution in [0.15, 0.2) is 36.4 Å². The minimum Gasteiger partial charge on any atom is -0.744 e. The molecule has 0 N–H and O–H groups in total. The van der Waals surface area contributed by atoms with Gasteiger partial charge in [-0.3, -0.25) is 0 Å². The molecule has 0 spiro atoms. The Balaban J connectivity index is 0.00000162. The van der Waals surface area contributed by atoms with Crippen LogP contribution in [-0.4, -0.2) is 13.0 Å². The van der Waals surface area contributed by atoms with Crippen molar-refractivity contribution in [3.8, 4) is 0 Å². The van der Waals surface area contributed by atoms with Gasteiger partial charge in [-0.1, -0.05) is 37.8 Å². The van der Waals surface area contributed by atoms with Crippen molar-refractivity contribution in [3.63, 3.8) is 0 Å². The number of benzene rings is 1. The molecule has 2 rings (SSSR count). The molecule has 0 fully saturated rings. The maximum absolute atomic E-state index is 11.4. The minimum absolute atomic E-state index is 0. The zero-order valence-electron chi connectivity index (χ0n) is 10.7. The van der Waals surface area contributed by atoms with Crippen molar-refractivity contribution in [3.05, 3.63) is 47.5 Å². The Labute approximate surface area is 130 Å². The van der Waals surface area contributed by atoms with Crippen LogP contribution in [0.3, 0.4) is 0 Å². The monoisotopic (exact) mass is 272 g/mol. The topological polar surface area (TPSA) is 57.2 Å². The van der Waals surface area contributed by atoms with Gasteiger partial charge in [-0.15, -0.1) is 0 Å². The van der Waals surface area contributed by atoms with Crippen LogP contribution >= 0.6 is 0 Å². The summed E-state index contributed by atoms with van der Waals surface area (Å²) in [5, 5.41) is 0. The van der Waals surface area contributed by atoms with Gasteiger partial charge in [0.15, 0.2) is 0 Å². The number of fused-ring (bicyclic) bond motifs is 1. The third-order valence-electron chi connectivity index (χ3n) is 3.30. The Hall–Kier alpha value is -0.390. The van der Waals surface area contributed by atoms with Crippen LogP contribution in [0.1, 0.15) is 25.0 Å². The predicted octanol–water partition coefficient (Wildman–Crippen LogP) is -0.370. The van der Waals surface area contributed by atoms with Gasteiger partial charge in [-0.05, 0) is 29.2 Å². The van der Waals surface area contributed by atoms with Gasteiger partial charge in [0, 0.05) is 5.92 Å². The van der Waals surface area contributed by atoms with Crippen LogP contribution in [0, 0.1) is 5.92 Å². The minimum atomic E-state index is -4.46. The number of hydrogen-bond donors (Lipinski definition) is 0. The van der Waals surface area contributed by atoms with Crippen LogP contribution in [-0.2, 0) is 10.1 Å². The fraction of sp³-hybridized carbons (Fsp3) is 0.231. The zero-order valence-corrected chi connectivity index (χ0v) is 13.5. The predicted molar refractivity (Wildman–Crippen MR) is 66.9 cm³/mol. The molecule has 3 nitrogen and oxygen atoms in total. The van der Waals surface area contributed by atoms with Crippen LogP contribution in [0.5, 0.6) is 0 Å². The molecule has 1 aliphatic carbocycles. The van der Waals surface area contributed by atoms with E-state index in [1.54, 1.807) is 25.1 Å². The Morgan fingerprint density at radius 2 is 1.72 bits per heavy atom. The van der Waals surface area contributed by atoms with E-state index >= 15 is 0 Å². The zero-order chi connectivity index (χ0) is 12.8. The molecular weight excluding hydrogens is 259 g/mol. The van der Waals surface area contributed by atoms with Crippen LogP contribution in [0.2, 0.25) is 0 Å². The van der Waals surface area contributed by atoms with Crippen LogP contribution in [0.25, 0.3) is 10.5 Å². The van der Waals surface area contributed by atoms with E-state index in [1.165, 1.54) is 0 Å². The molecule has 0 aliphatic heterocycles. The first-order chi connectivity index (χ1) is 7.84. The van der Waals surface area contributed by atoms with Crippen molar-refractivity contribution in [1.29, 1.82) is 0 Å². The van der Waals surface area contributed by atoms with Crippen molar-refractivity contribution in [2.24, 2.45) is 5.92 Å². The average molecular weight is 272 g/mol. The molecule has 1 aliphatic rings. The summed E-state index contributed by atoms with van der Waals surface area (Å²) in [5.41, 5.74) is 2.65. The maximum atomic E-state index is 11.4. The van der Waals surface area contributed by atoms with Crippen LogP contribution < -0.4 is 29.6 Å². The first kappa shape index (κ1) is 15.7. The summed E-state index contributed by atoms with van der Waals surface area (Å²) in [5.74, 6) is -0.122. The molecule has 0 heterocycles. The molecule has 90 valence electrons. The van der Waals surface area contributed by atoms with Gasteiger partial charge in [-0.2, -0.15) is 0 Å². The second kappa shape index (κ2) is 5.31. The Bertz CT molecular complexity index is 629. The third-order valence-corrected chi connectivity index (χ3v) is 4.34. The van der Waals surface area contributed by atoms with Gasteiger partial charge in [0.2, 0.25) is 0 Å². The van der Waals surface area contributed by atoms with Gasteiger partial charge >= 0.3 is 29.6 Å². The summed E-state index contributed by atoms with van der Waals surface area (Å²) in [7, 11) is -4.46. The van der Waals surface area contributed by atoms with Crippen molar-refractivity contribution in [2.45, 2.75) is 13.8 Å². The molecule has 1 atom stereocenters. The van der Waals surface area contributed by atoms with E-state index in [2.05, 4.69) is 6.58 Å². The van der Waals surface area contributed by atoms with E-state index in [4.69, 9.17) is 0 Å². The summed E-state index contributed by atoms with van der Waals surface area (Å²) in [4.78, 5) is -0.0898. The summed E-state index contributed by atoms with van der Waals surface area (Å²) in [6, 6.07) is 6.99. The molecule has 1 unspecified atom stereocenters. The van der Waals surface area contributed by atoms with E-state index in [9.17, 15) is 13.0 Å². The first-order valence-electron chi connectivity index (χ1n) is 5.29. The summed E-state index contributed by atoms with van der Waals surface area (Å²) >= 11 is 0. The van der Waals surface area contributed by atoms with E-state index < -0.39 is 10.1 Å². The van der Waals surface area contributed by atoms with E-state index in [-0.39, 0.29) is 40.4 Å². The molecule has 0 radical (unpaired) electrons. The van der Waals surface area contributed by atoms with E-state index in [0.717, 1.165) is 11.1 Å². The Morgan fingerprint density at radius 3 is 2.22 bits per heavy atom. The molecule has 0 saturated heterocycles. The molecule has 0 saturated carbocycles. The number of hydrogen-bond acceptors (Lipinski definition) is 3. The van der Waals surface area contributed by atoms with Gasteiger partial charge in [-0.25, -0.2) is 8.42 Å². The average Bonchev–Trinajstić information content (AvgIpc) is 2.24. The quantitative estimate of drug-likeness (QED) is 0.518. The summed E-state index contributed by atoms with van der Waals surface area (Å²) in [6.45, 7) is 7.51. The van der Waals surface area contributed by atoms with Crippen molar-refractivity contribution >= 4 is 20.6 Å². The standard InChI is InChI=1S/C13H14O3S.Na/c1-8-9(2)11-6-4-5-7-12(11)13(10(8)3)17(14,15)16;/h4-8H,2H2,1,3H3,(H,14,15,16);/q;+1/p-1. The molecular formula is C13H13NaO3S. The Kier molecular flexibility index (Phi) is 4.62. The second-order valence-corrected chi connectivity index (χ2v) is 5.58. The van der Waals surface area contributed by atoms with Crippen molar-refractivity contribution < 1.29 is 42.5 Å². The molecule has 0 amide bonds. The molecule has 5 heteroatoms. The fourth-order valence-corrected chi connectivity index (χ4v) is 3.22. The van der Waals surface area contributed by atoms with E-state index in [1.807, 2.05) is 13.0 Å². The fourth-order valence-electron chi connectivity index (χ4n) is 2.20. The number of allylic oxidation sites excluding steroid dienone is 2. The largest absolute Gasteiger partial charge is 1.00 e. The van der Waals surface area contributed by atoms with Gasteiger partial charge in [0.25, 0.3) is 0 Å². The molecule has 0 aromatic heterocycles. The maximum Gasteiger partial charge on any atom is 1.00 e. The first-order valence-corrected chi connectivity index (χ1v) is 6.70. The molecule has 0 bridgehead atoms. The van der Waals surface area contributed by atoms with Crippen molar-refractivity contribution in [1.82, 2.24) is 0 Å². The third kappa shape index (κ3) is 2.49. The second-order valence-electron chi connectivity index (χ2n) is 4.26. The normalized spacial score (nSPS) is 19.3. The molecule has 18 heavy (non-hydrogen) atoms. The van der Waals surface area contributed by atoms with E-state index in [0.29, 0.717) is 11.1 Å². The Morgan fingerprint density at radius 1 is 1.22 bits per heavy atom. The molecule has 1 aromatic rings. The SMILES string of the molecule is C=C1c2ccccc2C(S(=O)(=O)[O-])=C(C)C1C.[Na+]. The smallest absolute Gasteiger partial charge is 0.744 e. The summed E-state index contributed by atoms with van der Waals surface area (Å²) < 4.78 is 34.1. The van der Waals surface area contributed by atoms with Gasteiger partial charge < -0.3 is 4.55 Å². The van der Waals surface area contributed by atoms with Gasteiger partial charge in [0.05, 0.1) is 4.91 Å². The van der Waals surface area contributed by atoms with Gasteiger partial charge in [0.1, 0.15) is 10.1 Å². The number of rotatable bonds is 1. The summed E-state index contributed by atoms with van der Waals surface area (Å²) in [6.07, 6.45) is 0.